The highest BCUT2D eigenvalue weighted by atomic mass is 35.5. The number of esters is 1. The van der Waals surface area contributed by atoms with Crippen LogP contribution in [0, 0.1) is 0 Å². The molecule has 0 fully saturated rings. The second kappa shape index (κ2) is 12.0. The van der Waals surface area contributed by atoms with Crippen LogP contribution >= 0.6 is 11.6 Å². The van der Waals surface area contributed by atoms with E-state index in [1.54, 1.807) is 47.4 Å². The molecule has 0 aliphatic rings. The van der Waals surface area contributed by atoms with Crippen LogP contribution in [-0.4, -0.2) is 29.2 Å². The molecule has 5 nitrogen and oxygen atoms in total. The quantitative estimate of drug-likeness (QED) is 0.203. The zero-order valence-electron chi connectivity index (χ0n) is 19.5. The van der Waals surface area contributed by atoms with Gasteiger partial charge in [-0.3, -0.25) is 9.59 Å². The lowest BCUT2D eigenvalue weighted by atomic mass is 10.0. The maximum absolute atomic E-state index is 13.7. The summed E-state index contributed by atoms with van der Waals surface area (Å²) in [5.74, 6) is -1.40. The topological polar surface area (TPSA) is 63.7 Å². The summed E-state index contributed by atoms with van der Waals surface area (Å²) in [6, 6.07) is 32.2. The van der Waals surface area contributed by atoms with E-state index in [2.05, 4.69) is 0 Å². The van der Waals surface area contributed by atoms with Crippen LogP contribution in [0.3, 0.4) is 0 Å². The van der Waals surface area contributed by atoms with E-state index in [-0.39, 0.29) is 22.8 Å². The molecule has 0 saturated heterocycles. The van der Waals surface area contributed by atoms with E-state index < -0.39 is 12.6 Å². The zero-order valence-corrected chi connectivity index (χ0v) is 20.2. The third-order valence-electron chi connectivity index (χ3n) is 5.60. The van der Waals surface area contributed by atoms with Crippen molar-refractivity contribution in [2.75, 3.05) is 6.61 Å². The van der Waals surface area contributed by atoms with Crippen LogP contribution in [0.15, 0.2) is 109 Å². The second-order valence-electron chi connectivity index (χ2n) is 8.18. The van der Waals surface area contributed by atoms with Gasteiger partial charge in [0.15, 0.2) is 12.4 Å². The van der Waals surface area contributed by atoms with E-state index in [9.17, 15) is 14.4 Å². The lowest BCUT2D eigenvalue weighted by Gasteiger charge is -2.24. The molecule has 180 valence electrons. The molecule has 0 atom stereocenters. The minimum Gasteiger partial charge on any atom is -0.454 e. The molecule has 0 spiro atoms. The first-order valence-electron chi connectivity index (χ1n) is 11.4. The zero-order chi connectivity index (χ0) is 25.3. The summed E-state index contributed by atoms with van der Waals surface area (Å²) >= 11 is 5.87. The number of carbonyl (C=O) groups is 3. The molecule has 0 N–H and O–H groups in total. The maximum Gasteiger partial charge on any atom is 0.339 e. The van der Waals surface area contributed by atoms with Crippen LogP contribution < -0.4 is 0 Å². The summed E-state index contributed by atoms with van der Waals surface area (Å²) in [6.45, 7) is 0.292. The van der Waals surface area contributed by atoms with Crippen molar-refractivity contribution in [1.29, 1.82) is 0 Å². The molecule has 4 aromatic rings. The van der Waals surface area contributed by atoms with Crippen molar-refractivity contribution in [2.45, 2.75) is 13.1 Å². The fourth-order valence-corrected chi connectivity index (χ4v) is 3.88. The highest BCUT2D eigenvalue weighted by Gasteiger charge is 2.24. The fourth-order valence-electron chi connectivity index (χ4n) is 3.75. The summed E-state index contributed by atoms with van der Waals surface area (Å²) in [4.78, 5) is 40.8. The standard InChI is InChI=1S/C30H24ClNO4/c31-25-17-15-24(16-18-25)28(33)21-36-30(35)27-14-8-7-13-26(27)29(34)32(19-22-9-3-1-4-10-22)20-23-11-5-2-6-12-23/h1-18H,19-21H2. The molecule has 1 amide bonds. The normalized spacial score (nSPS) is 10.5. The summed E-state index contributed by atoms with van der Waals surface area (Å²) in [5, 5.41) is 0.506. The number of amides is 1. The molecule has 0 aliphatic heterocycles. The molecule has 0 heterocycles. The van der Waals surface area contributed by atoms with Gasteiger partial charge in [-0.05, 0) is 47.5 Å². The van der Waals surface area contributed by atoms with Crippen LogP contribution in [0.1, 0.15) is 42.2 Å². The van der Waals surface area contributed by atoms with Crippen molar-refractivity contribution in [3.63, 3.8) is 0 Å². The third-order valence-corrected chi connectivity index (χ3v) is 5.85. The van der Waals surface area contributed by atoms with E-state index >= 15 is 0 Å². The average Bonchev–Trinajstić information content (AvgIpc) is 2.92. The largest absolute Gasteiger partial charge is 0.454 e. The van der Waals surface area contributed by atoms with E-state index in [1.165, 1.54) is 6.07 Å². The van der Waals surface area contributed by atoms with Gasteiger partial charge in [-0.15, -0.1) is 0 Å². The molecule has 4 aromatic carbocycles. The van der Waals surface area contributed by atoms with Crippen LogP contribution in [0.5, 0.6) is 0 Å². The molecule has 0 aromatic heterocycles. The van der Waals surface area contributed by atoms with Crippen molar-refractivity contribution in [3.8, 4) is 0 Å². The molecule has 0 aliphatic carbocycles. The Hall–Kier alpha value is -4.22. The van der Waals surface area contributed by atoms with Crippen molar-refractivity contribution in [1.82, 2.24) is 4.90 Å². The smallest absolute Gasteiger partial charge is 0.339 e. The Labute approximate surface area is 214 Å². The minimum absolute atomic E-state index is 0.109. The number of ketones is 1. The lowest BCUT2D eigenvalue weighted by Crippen LogP contribution is -2.31. The predicted molar refractivity (Wildman–Crippen MR) is 139 cm³/mol. The van der Waals surface area contributed by atoms with Gasteiger partial charge in [0.1, 0.15) is 0 Å². The first-order chi connectivity index (χ1) is 17.5. The van der Waals surface area contributed by atoms with Gasteiger partial charge >= 0.3 is 5.97 Å². The number of nitrogens with zero attached hydrogens (tertiary/aromatic N) is 1. The Morgan fingerprint density at radius 3 is 1.69 bits per heavy atom. The second-order valence-corrected chi connectivity index (χ2v) is 8.62. The first-order valence-corrected chi connectivity index (χ1v) is 11.8. The van der Waals surface area contributed by atoms with Crippen molar-refractivity contribution in [2.24, 2.45) is 0 Å². The molecule has 0 unspecified atom stereocenters. The van der Waals surface area contributed by atoms with E-state index in [0.717, 1.165) is 11.1 Å². The van der Waals surface area contributed by atoms with Crippen LogP contribution in [0.2, 0.25) is 5.02 Å². The van der Waals surface area contributed by atoms with E-state index in [4.69, 9.17) is 16.3 Å². The Morgan fingerprint density at radius 1 is 0.639 bits per heavy atom. The monoisotopic (exact) mass is 497 g/mol. The summed E-state index contributed by atoms with van der Waals surface area (Å²) in [7, 11) is 0. The number of rotatable bonds is 9. The van der Waals surface area contributed by atoms with E-state index in [0.29, 0.717) is 23.7 Å². The van der Waals surface area contributed by atoms with Gasteiger partial charge in [0.05, 0.1) is 11.1 Å². The van der Waals surface area contributed by atoms with Gasteiger partial charge in [0, 0.05) is 23.7 Å². The number of carbonyl (C=O) groups excluding carboxylic acids is 3. The van der Waals surface area contributed by atoms with Crippen molar-refractivity contribution >= 4 is 29.3 Å². The van der Waals surface area contributed by atoms with Crippen molar-refractivity contribution < 1.29 is 19.1 Å². The highest BCUT2D eigenvalue weighted by Crippen LogP contribution is 2.18. The number of ether oxygens (including phenoxy) is 1. The third kappa shape index (κ3) is 6.46. The Kier molecular flexibility index (Phi) is 8.27. The van der Waals surface area contributed by atoms with Gasteiger partial charge in [0.25, 0.3) is 5.91 Å². The van der Waals surface area contributed by atoms with Gasteiger partial charge in [-0.25, -0.2) is 4.79 Å². The average molecular weight is 498 g/mol. The molecular weight excluding hydrogens is 474 g/mol. The molecular formula is C30H24ClNO4. The molecule has 36 heavy (non-hydrogen) atoms. The summed E-state index contributed by atoms with van der Waals surface area (Å²) in [5.41, 5.74) is 2.64. The first kappa shape index (κ1) is 24.9. The van der Waals surface area contributed by atoms with Gasteiger partial charge in [0.2, 0.25) is 0 Å². The predicted octanol–water partition coefficient (Wildman–Crippen LogP) is 6.22. The Bertz CT molecular complexity index is 1300. The number of hydrogen-bond acceptors (Lipinski definition) is 4. The Balaban J connectivity index is 1.54. The van der Waals surface area contributed by atoms with E-state index in [1.807, 2.05) is 60.7 Å². The minimum atomic E-state index is -0.736. The summed E-state index contributed by atoms with van der Waals surface area (Å²) < 4.78 is 5.29. The fraction of sp³-hybridized carbons (Fsp3) is 0.100. The number of hydrogen-bond donors (Lipinski definition) is 0. The van der Waals surface area contributed by atoms with Gasteiger partial charge < -0.3 is 9.64 Å². The van der Waals surface area contributed by atoms with Crippen LogP contribution in [-0.2, 0) is 17.8 Å². The molecule has 0 radical (unpaired) electrons. The van der Waals surface area contributed by atoms with Crippen LogP contribution in [0.25, 0.3) is 0 Å². The van der Waals surface area contributed by atoms with Gasteiger partial charge in [-0.1, -0.05) is 84.4 Å². The molecule has 0 bridgehead atoms. The summed E-state index contributed by atoms with van der Waals surface area (Å²) in [6.07, 6.45) is 0. The van der Waals surface area contributed by atoms with Crippen molar-refractivity contribution in [3.05, 3.63) is 142 Å². The number of halogens is 1. The Morgan fingerprint density at radius 2 is 1.14 bits per heavy atom. The SMILES string of the molecule is O=C(COC(=O)c1ccccc1C(=O)N(Cc1ccccc1)Cc1ccccc1)c1ccc(Cl)cc1. The molecule has 4 rings (SSSR count). The van der Waals surface area contributed by atoms with Gasteiger partial charge in [-0.2, -0.15) is 0 Å². The lowest BCUT2D eigenvalue weighted by molar-refractivity contribution is 0.0469. The molecule has 6 heteroatoms. The highest BCUT2D eigenvalue weighted by molar-refractivity contribution is 6.30. The maximum atomic E-state index is 13.7. The number of Topliss-reactive ketones (excluding diaryl/α,β-unsaturated/α-hetero) is 1. The van der Waals surface area contributed by atoms with Crippen LogP contribution in [0.4, 0.5) is 0 Å². The molecule has 0 saturated carbocycles. The number of benzene rings is 4.